The maximum atomic E-state index is 12.3. The molecule has 0 amide bonds. The maximum Gasteiger partial charge on any atom is 0.310 e. The van der Waals surface area contributed by atoms with Gasteiger partial charge in [0.2, 0.25) is 6.79 Å². The van der Waals surface area contributed by atoms with E-state index in [4.69, 9.17) is 14.2 Å². The Morgan fingerprint density at radius 3 is 2.78 bits per heavy atom. The van der Waals surface area contributed by atoms with Gasteiger partial charge in [0.25, 0.3) is 5.78 Å². The molecule has 4 heterocycles. The first-order valence-corrected chi connectivity index (χ1v) is 10.8. The van der Waals surface area contributed by atoms with E-state index in [1.807, 2.05) is 19.9 Å². The van der Waals surface area contributed by atoms with Crippen LogP contribution in [0.5, 0.6) is 11.5 Å². The van der Waals surface area contributed by atoms with Crippen LogP contribution < -0.4 is 14.4 Å². The maximum absolute atomic E-state index is 12.3. The number of benzene rings is 1. The average molecular weight is 438 g/mol. The molecule has 3 aromatic rings. The molecule has 168 valence electrons. The molecule has 0 atom stereocenters. The van der Waals surface area contributed by atoms with Gasteiger partial charge in [-0.1, -0.05) is 6.07 Å². The van der Waals surface area contributed by atoms with Crippen molar-refractivity contribution in [1.29, 1.82) is 0 Å². The lowest BCUT2D eigenvalue weighted by Crippen LogP contribution is -2.47. The number of anilines is 1. The third-order valence-electron chi connectivity index (χ3n) is 5.85. The van der Waals surface area contributed by atoms with Crippen molar-refractivity contribution < 1.29 is 19.0 Å². The van der Waals surface area contributed by atoms with Crippen molar-refractivity contribution in [2.75, 3.05) is 44.5 Å². The molecule has 0 spiro atoms. The fourth-order valence-corrected chi connectivity index (χ4v) is 4.27. The third kappa shape index (κ3) is 3.93. The average Bonchev–Trinajstić information content (AvgIpc) is 3.44. The Morgan fingerprint density at radius 2 is 1.97 bits per heavy atom. The molecule has 1 saturated heterocycles. The summed E-state index contributed by atoms with van der Waals surface area (Å²) in [6, 6.07) is 6.11. The highest BCUT2D eigenvalue weighted by molar-refractivity contribution is 5.75. The van der Waals surface area contributed by atoms with Gasteiger partial charge in [-0.25, -0.2) is 4.98 Å². The van der Waals surface area contributed by atoms with Gasteiger partial charge in [-0.15, -0.1) is 0 Å². The molecular formula is C22H26N6O4. The second-order valence-electron chi connectivity index (χ2n) is 7.90. The molecule has 10 heteroatoms. The molecule has 2 aromatic heterocycles. The number of esters is 1. The van der Waals surface area contributed by atoms with Crippen LogP contribution in [0.15, 0.2) is 24.5 Å². The van der Waals surface area contributed by atoms with Crippen LogP contribution in [0.4, 0.5) is 5.82 Å². The molecule has 0 saturated carbocycles. The molecular weight excluding hydrogens is 412 g/mol. The normalized spacial score (nSPS) is 16.0. The summed E-state index contributed by atoms with van der Waals surface area (Å²) in [5.74, 6) is 2.76. The zero-order valence-corrected chi connectivity index (χ0v) is 18.3. The monoisotopic (exact) mass is 438 g/mol. The van der Waals surface area contributed by atoms with Crippen LogP contribution in [0.3, 0.4) is 0 Å². The van der Waals surface area contributed by atoms with E-state index in [0.29, 0.717) is 12.4 Å². The van der Waals surface area contributed by atoms with Crippen molar-refractivity contribution in [2.24, 2.45) is 0 Å². The van der Waals surface area contributed by atoms with Crippen LogP contribution in [0, 0.1) is 6.92 Å². The van der Waals surface area contributed by atoms with E-state index in [9.17, 15) is 4.79 Å². The van der Waals surface area contributed by atoms with Gasteiger partial charge in [0.1, 0.15) is 12.1 Å². The molecule has 0 aliphatic carbocycles. The number of hydrogen-bond donors (Lipinski definition) is 0. The van der Waals surface area contributed by atoms with Crippen molar-refractivity contribution >= 4 is 17.6 Å². The van der Waals surface area contributed by atoms with Crippen LogP contribution in [-0.4, -0.2) is 70.0 Å². The summed E-state index contributed by atoms with van der Waals surface area (Å²) in [4.78, 5) is 25.7. The fourth-order valence-electron chi connectivity index (χ4n) is 4.27. The molecule has 0 N–H and O–H groups in total. The summed E-state index contributed by atoms with van der Waals surface area (Å²) < 4.78 is 17.8. The first kappa shape index (κ1) is 20.5. The number of aryl methyl sites for hydroxylation is 1. The molecule has 1 fully saturated rings. The van der Waals surface area contributed by atoms with Gasteiger partial charge in [-0.2, -0.15) is 14.6 Å². The summed E-state index contributed by atoms with van der Waals surface area (Å²) >= 11 is 0. The Labute approximate surface area is 185 Å². The molecule has 0 bridgehead atoms. The number of aromatic nitrogens is 4. The molecule has 2 aliphatic rings. The van der Waals surface area contributed by atoms with E-state index in [0.717, 1.165) is 61.3 Å². The van der Waals surface area contributed by atoms with Crippen LogP contribution in [0.25, 0.3) is 5.78 Å². The Bertz CT molecular complexity index is 1140. The first-order chi connectivity index (χ1) is 15.6. The number of ether oxygens (including phenoxy) is 3. The highest BCUT2D eigenvalue weighted by atomic mass is 16.7. The Balaban J connectivity index is 1.34. The SMILES string of the molecule is CCOC(=O)Cc1c(C)nc2ncnn2c1N1CCN(Cc2ccc3c(c2)OCO3)CC1. The summed E-state index contributed by atoms with van der Waals surface area (Å²) in [6.45, 7) is 8.56. The molecule has 0 unspecified atom stereocenters. The van der Waals surface area contributed by atoms with Crippen molar-refractivity contribution in [3.63, 3.8) is 0 Å². The lowest BCUT2D eigenvalue weighted by atomic mass is 10.1. The lowest BCUT2D eigenvalue weighted by Gasteiger charge is -2.37. The molecule has 10 nitrogen and oxygen atoms in total. The van der Waals surface area contributed by atoms with E-state index in [2.05, 4.69) is 37.0 Å². The minimum Gasteiger partial charge on any atom is -0.466 e. The third-order valence-corrected chi connectivity index (χ3v) is 5.85. The topological polar surface area (TPSA) is 94.3 Å². The van der Waals surface area contributed by atoms with Crippen LogP contribution in [0.1, 0.15) is 23.7 Å². The van der Waals surface area contributed by atoms with E-state index in [-0.39, 0.29) is 19.2 Å². The van der Waals surface area contributed by atoms with Gasteiger partial charge in [0.15, 0.2) is 11.5 Å². The number of nitrogens with zero attached hydrogens (tertiary/aromatic N) is 6. The van der Waals surface area contributed by atoms with Crippen LogP contribution in [-0.2, 0) is 22.5 Å². The van der Waals surface area contributed by atoms with Gasteiger partial charge in [-0.05, 0) is 31.5 Å². The second kappa shape index (κ2) is 8.62. The fraction of sp³-hybridized carbons (Fsp3) is 0.455. The van der Waals surface area contributed by atoms with E-state index >= 15 is 0 Å². The summed E-state index contributed by atoms with van der Waals surface area (Å²) in [6.07, 6.45) is 1.66. The molecule has 2 aliphatic heterocycles. The minimum absolute atomic E-state index is 0.162. The number of piperazine rings is 1. The quantitative estimate of drug-likeness (QED) is 0.532. The predicted octanol–water partition coefficient (Wildman–Crippen LogP) is 1.59. The standard InChI is InChI=1S/C22H26N6O4/c1-3-30-20(29)11-17-15(2)25-22-23-13-24-28(22)21(17)27-8-6-26(7-9-27)12-16-4-5-18-19(10-16)32-14-31-18/h4-5,10,13H,3,6-9,11-12,14H2,1-2H3. The van der Waals surface area contributed by atoms with Crippen LogP contribution >= 0.6 is 0 Å². The van der Waals surface area contributed by atoms with E-state index in [1.54, 1.807) is 4.52 Å². The summed E-state index contributed by atoms with van der Waals surface area (Å²) in [5.41, 5.74) is 2.81. The zero-order valence-electron chi connectivity index (χ0n) is 18.3. The van der Waals surface area contributed by atoms with Crippen molar-refractivity contribution in [3.05, 3.63) is 41.3 Å². The van der Waals surface area contributed by atoms with Crippen LogP contribution in [0.2, 0.25) is 0 Å². The second-order valence-corrected chi connectivity index (χ2v) is 7.90. The van der Waals surface area contributed by atoms with Gasteiger partial charge in [0, 0.05) is 44.0 Å². The number of hydrogen-bond acceptors (Lipinski definition) is 9. The number of carbonyl (C=O) groups excluding carboxylic acids is 1. The predicted molar refractivity (Wildman–Crippen MR) is 116 cm³/mol. The first-order valence-electron chi connectivity index (χ1n) is 10.8. The number of carbonyl (C=O) groups is 1. The van der Waals surface area contributed by atoms with Gasteiger partial charge in [0.05, 0.1) is 13.0 Å². The van der Waals surface area contributed by atoms with Crippen molar-refractivity contribution in [2.45, 2.75) is 26.8 Å². The van der Waals surface area contributed by atoms with Gasteiger partial charge >= 0.3 is 5.97 Å². The highest BCUT2D eigenvalue weighted by Crippen LogP contribution is 2.33. The number of rotatable bonds is 6. The number of fused-ring (bicyclic) bond motifs is 2. The van der Waals surface area contributed by atoms with Gasteiger partial charge < -0.3 is 19.1 Å². The molecule has 0 radical (unpaired) electrons. The lowest BCUT2D eigenvalue weighted by molar-refractivity contribution is -0.142. The Kier molecular flexibility index (Phi) is 5.52. The largest absolute Gasteiger partial charge is 0.466 e. The van der Waals surface area contributed by atoms with Crippen molar-refractivity contribution in [3.8, 4) is 11.5 Å². The van der Waals surface area contributed by atoms with Gasteiger partial charge in [-0.3, -0.25) is 9.69 Å². The van der Waals surface area contributed by atoms with Crippen molar-refractivity contribution in [1.82, 2.24) is 24.5 Å². The molecule has 5 rings (SSSR count). The Hall–Kier alpha value is -3.40. The van der Waals surface area contributed by atoms with E-state index in [1.165, 1.54) is 11.9 Å². The summed E-state index contributed by atoms with van der Waals surface area (Å²) in [5, 5.41) is 4.38. The summed E-state index contributed by atoms with van der Waals surface area (Å²) in [7, 11) is 0. The molecule has 32 heavy (non-hydrogen) atoms. The minimum atomic E-state index is -0.264. The zero-order chi connectivity index (χ0) is 22.1. The smallest absolute Gasteiger partial charge is 0.310 e. The molecule has 1 aromatic carbocycles. The Morgan fingerprint density at radius 1 is 1.16 bits per heavy atom. The van der Waals surface area contributed by atoms with E-state index < -0.39 is 0 Å². The highest BCUT2D eigenvalue weighted by Gasteiger charge is 2.26.